The number of nitrogens with zero attached hydrogens (tertiary/aromatic N) is 3. The highest BCUT2D eigenvalue weighted by Crippen LogP contribution is 2.21. The maximum absolute atomic E-state index is 5.87. The van der Waals surface area contributed by atoms with Crippen LogP contribution in [0.1, 0.15) is 33.1 Å². The van der Waals surface area contributed by atoms with Gasteiger partial charge in [-0.25, -0.2) is 0 Å². The van der Waals surface area contributed by atoms with Gasteiger partial charge < -0.3 is 15.0 Å². The highest BCUT2D eigenvalue weighted by atomic mass is 16.5. The number of hydrogen-bond acceptors (Lipinski definition) is 5. The van der Waals surface area contributed by atoms with E-state index in [1.165, 1.54) is 19.4 Å². The lowest BCUT2D eigenvalue weighted by Crippen LogP contribution is -2.28. The summed E-state index contributed by atoms with van der Waals surface area (Å²) in [5.41, 5.74) is 1.92. The second-order valence-corrected chi connectivity index (χ2v) is 6.59. The fourth-order valence-electron chi connectivity index (χ4n) is 3.27. The quantitative estimate of drug-likeness (QED) is 0.740. The van der Waals surface area contributed by atoms with Crippen molar-refractivity contribution in [3.8, 4) is 17.0 Å². The molecule has 5 heteroatoms. The van der Waals surface area contributed by atoms with Crippen molar-refractivity contribution in [2.75, 3.05) is 31.6 Å². The summed E-state index contributed by atoms with van der Waals surface area (Å²) in [4.78, 5) is 2.56. The molecular weight excluding hydrogens is 312 g/mol. The largest absolute Gasteiger partial charge is 0.494 e. The normalized spacial score (nSPS) is 17.6. The Balaban J connectivity index is 1.46. The molecule has 5 nitrogen and oxygen atoms in total. The Hall–Kier alpha value is -2.14. The lowest BCUT2D eigenvalue weighted by atomic mass is 10.1. The average Bonchev–Trinajstić information content (AvgIpc) is 3.05. The lowest BCUT2D eigenvalue weighted by molar-refractivity contribution is 0.230. The smallest absolute Gasteiger partial charge is 0.148 e. The number of nitrogens with one attached hydrogen (secondary N) is 1. The summed E-state index contributed by atoms with van der Waals surface area (Å²) in [6.45, 7) is 8.34. The molecule has 25 heavy (non-hydrogen) atoms. The molecule has 0 amide bonds. The molecule has 1 saturated heterocycles. The van der Waals surface area contributed by atoms with Gasteiger partial charge in [0.15, 0.2) is 0 Å². The molecule has 1 aliphatic rings. The molecule has 1 unspecified atom stereocenters. The van der Waals surface area contributed by atoms with Gasteiger partial charge in [-0.1, -0.05) is 0 Å². The van der Waals surface area contributed by atoms with E-state index < -0.39 is 0 Å². The van der Waals surface area contributed by atoms with E-state index >= 15 is 0 Å². The summed E-state index contributed by atoms with van der Waals surface area (Å²) < 4.78 is 5.87. The molecule has 0 spiro atoms. The highest BCUT2D eigenvalue weighted by Gasteiger charge is 2.18. The van der Waals surface area contributed by atoms with Crippen LogP contribution in [0.4, 0.5) is 5.82 Å². The van der Waals surface area contributed by atoms with Gasteiger partial charge in [-0.15, -0.1) is 10.2 Å². The van der Waals surface area contributed by atoms with Gasteiger partial charge in [-0.2, -0.15) is 0 Å². The van der Waals surface area contributed by atoms with E-state index in [0.29, 0.717) is 0 Å². The zero-order valence-corrected chi connectivity index (χ0v) is 15.2. The van der Waals surface area contributed by atoms with Gasteiger partial charge in [0.1, 0.15) is 11.6 Å². The summed E-state index contributed by atoms with van der Waals surface area (Å²) >= 11 is 0. The molecule has 0 saturated carbocycles. The van der Waals surface area contributed by atoms with E-state index in [-0.39, 0.29) is 0 Å². The third-order valence-corrected chi connectivity index (χ3v) is 4.72. The SMILES string of the molecule is CCNc1ccc(-c2ccc(OCCCN3CCCC3C)cc2)nn1. The molecule has 2 heterocycles. The second-order valence-electron chi connectivity index (χ2n) is 6.59. The van der Waals surface area contributed by atoms with Gasteiger partial charge in [0.25, 0.3) is 0 Å². The Morgan fingerprint density at radius 1 is 1.16 bits per heavy atom. The number of likely N-dealkylation sites (tertiary alicyclic amines) is 1. The Morgan fingerprint density at radius 3 is 2.64 bits per heavy atom. The summed E-state index contributed by atoms with van der Waals surface area (Å²) in [5, 5.41) is 11.6. The van der Waals surface area contributed by atoms with Crippen molar-refractivity contribution in [1.29, 1.82) is 0 Å². The van der Waals surface area contributed by atoms with E-state index in [0.717, 1.165) is 55.0 Å². The van der Waals surface area contributed by atoms with Crippen LogP contribution < -0.4 is 10.1 Å². The first-order valence-corrected chi connectivity index (χ1v) is 9.31. The molecule has 1 fully saturated rings. The summed E-state index contributed by atoms with van der Waals surface area (Å²) in [6, 6.07) is 12.8. The van der Waals surface area contributed by atoms with Crippen LogP contribution in [0.2, 0.25) is 0 Å². The molecule has 0 aliphatic carbocycles. The van der Waals surface area contributed by atoms with E-state index in [4.69, 9.17) is 4.74 Å². The topological polar surface area (TPSA) is 50.3 Å². The Labute approximate surface area is 150 Å². The van der Waals surface area contributed by atoms with Crippen LogP contribution in [0.15, 0.2) is 36.4 Å². The molecule has 2 aromatic rings. The third kappa shape index (κ3) is 4.92. The van der Waals surface area contributed by atoms with Crippen molar-refractivity contribution >= 4 is 5.82 Å². The van der Waals surface area contributed by atoms with Crippen molar-refractivity contribution in [3.05, 3.63) is 36.4 Å². The molecular formula is C20H28N4O. The molecule has 1 aliphatic heterocycles. The minimum Gasteiger partial charge on any atom is -0.494 e. The number of hydrogen-bond donors (Lipinski definition) is 1. The minimum atomic E-state index is 0.735. The van der Waals surface area contributed by atoms with Crippen LogP contribution >= 0.6 is 0 Å². The first-order chi connectivity index (χ1) is 12.3. The van der Waals surface area contributed by atoms with Gasteiger partial charge in [0, 0.05) is 24.7 Å². The zero-order chi connectivity index (χ0) is 17.5. The first kappa shape index (κ1) is 17.7. The number of anilines is 1. The van der Waals surface area contributed by atoms with Crippen molar-refractivity contribution in [3.63, 3.8) is 0 Å². The molecule has 0 bridgehead atoms. The predicted molar refractivity (Wildman–Crippen MR) is 102 cm³/mol. The fourth-order valence-corrected chi connectivity index (χ4v) is 3.27. The summed E-state index contributed by atoms with van der Waals surface area (Å²) in [7, 11) is 0. The van der Waals surface area contributed by atoms with Gasteiger partial charge in [0.2, 0.25) is 0 Å². The zero-order valence-electron chi connectivity index (χ0n) is 15.2. The van der Waals surface area contributed by atoms with Crippen molar-refractivity contribution in [2.45, 2.75) is 39.2 Å². The lowest BCUT2D eigenvalue weighted by Gasteiger charge is -2.20. The van der Waals surface area contributed by atoms with E-state index in [1.54, 1.807) is 0 Å². The molecule has 0 radical (unpaired) electrons. The molecule has 134 valence electrons. The third-order valence-electron chi connectivity index (χ3n) is 4.72. The first-order valence-electron chi connectivity index (χ1n) is 9.31. The minimum absolute atomic E-state index is 0.735. The van der Waals surface area contributed by atoms with E-state index in [1.807, 2.05) is 43.3 Å². The number of benzene rings is 1. The number of rotatable bonds is 8. The Bertz CT molecular complexity index is 642. The fraction of sp³-hybridized carbons (Fsp3) is 0.500. The van der Waals surface area contributed by atoms with Crippen molar-refractivity contribution in [2.24, 2.45) is 0 Å². The summed E-state index contributed by atoms with van der Waals surface area (Å²) in [6.07, 6.45) is 3.74. The van der Waals surface area contributed by atoms with E-state index in [9.17, 15) is 0 Å². The summed E-state index contributed by atoms with van der Waals surface area (Å²) in [5.74, 6) is 1.72. The van der Waals surface area contributed by atoms with Crippen LogP contribution in [0.3, 0.4) is 0 Å². The average molecular weight is 340 g/mol. The van der Waals surface area contributed by atoms with Crippen LogP contribution in [0.5, 0.6) is 5.75 Å². The second kappa shape index (κ2) is 8.81. The van der Waals surface area contributed by atoms with Crippen LogP contribution in [0, 0.1) is 0 Å². The monoisotopic (exact) mass is 340 g/mol. The maximum atomic E-state index is 5.87. The standard InChI is InChI=1S/C20H28N4O/c1-3-21-20-12-11-19(22-23-20)17-7-9-18(10-8-17)25-15-5-14-24-13-4-6-16(24)2/h7-12,16H,3-6,13-15H2,1-2H3,(H,21,23). The van der Waals surface area contributed by atoms with E-state index in [2.05, 4.69) is 27.3 Å². The molecule has 1 aromatic heterocycles. The Kier molecular flexibility index (Phi) is 6.23. The molecule has 1 aromatic carbocycles. The predicted octanol–water partition coefficient (Wildman–Crippen LogP) is 3.83. The van der Waals surface area contributed by atoms with Gasteiger partial charge >= 0.3 is 0 Å². The maximum Gasteiger partial charge on any atom is 0.148 e. The number of ether oxygens (including phenoxy) is 1. The van der Waals surface area contributed by atoms with Crippen LogP contribution in [-0.2, 0) is 0 Å². The molecule has 3 rings (SSSR count). The molecule has 1 N–H and O–H groups in total. The van der Waals surface area contributed by atoms with Crippen LogP contribution in [0.25, 0.3) is 11.3 Å². The van der Waals surface area contributed by atoms with Gasteiger partial charge in [0.05, 0.1) is 12.3 Å². The van der Waals surface area contributed by atoms with Gasteiger partial charge in [-0.05, 0) is 76.1 Å². The van der Waals surface area contributed by atoms with Gasteiger partial charge in [-0.3, -0.25) is 0 Å². The van der Waals surface area contributed by atoms with Crippen molar-refractivity contribution < 1.29 is 4.74 Å². The Morgan fingerprint density at radius 2 is 2.00 bits per heavy atom. The number of aromatic nitrogens is 2. The van der Waals surface area contributed by atoms with Crippen molar-refractivity contribution in [1.82, 2.24) is 15.1 Å². The molecule has 1 atom stereocenters. The highest BCUT2D eigenvalue weighted by molar-refractivity contribution is 5.60. The van der Waals surface area contributed by atoms with Crippen LogP contribution in [-0.4, -0.2) is 47.4 Å².